The molecule has 0 unspecified atom stereocenters. The molecule has 0 amide bonds. The van der Waals surface area contributed by atoms with Crippen LogP contribution in [0.25, 0.3) is 64.6 Å². The van der Waals surface area contributed by atoms with Crippen LogP contribution in [0.2, 0.25) is 0 Å². The number of para-hydroxylation sites is 2. The van der Waals surface area contributed by atoms with Gasteiger partial charge in [-0.05, 0) is 163 Å². The van der Waals surface area contributed by atoms with Crippen LogP contribution >= 0.6 is 0 Å². The van der Waals surface area contributed by atoms with E-state index in [4.69, 9.17) is 0 Å². The molecular weight excluding hydrogens is 701 g/mol. The van der Waals surface area contributed by atoms with Crippen molar-refractivity contribution >= 4 is 98.8 Å². The molecule has 11 aromatic carbocycles. The molecular formula is C56H40N2. The molecule has 0 saturated heterocycles. The lowest BCUT2D eigenvalue weighted by Gasteiger charge is -2.26. The fraction of sp³-hybridized carbons (Fsp3) is 0.0357. The molecule has 0 bridgehead atoms. The zero-order valence-corrected chi connectivity index (χ0v) is 32.5. The Labute approximate surface area is 338 Å². The van der Waals surface area contributed by atoms with Gasteiger partial charge in [-0.2, -0.15) is 0 Å². The maximum absolute atomic E-state index is 2.46. The minimum atomic E-state index is 1.13. The lowest BCUT2D eigenvalue weighted by atomic mass is 9.88. The topological polar surface area (TPSA) is 6.48 Å². The van der Waals surface area contributed by atoms with Crippen molar-refractivity contribution in [1.82, 2.24) is 0 Å². The van der Waals surface area contributed by atoms with Gasteiger partial charge in [0.05, 0.1) is 0 Å². The van der Waals surface area contributed by atoms with Gasteiger partial charge in [0, 0.05) is 34.1 Å². The molecule has 2 nitrogen and oxygen atoms in total. The Morgan fingerprint density at radius 2 is 0.466 bits per heavy atom. The molecule has 11 rings (SSSR count). The maximum atomic E-state index is 2.46. The molecule has 0 aliphatic heterocycles. The molecule has 0 aromatic heterocycles. The summed E-state index contributed by atoms with van der Waals surface area (Å²) in [4.78, 5) is 4.73. The number of aryl methyl sites for hydroxylation is 2. The Hall–Kier alpha value is -7.42. The normalized spacial score (nSPS) is 11.6. The van der Waals surface area contributed by atoms with Crippen molar-refractivity contribution in [2.45, 2.75) is 13.8 Å². The molecule has 0 saturated carbocycles. The van der Waals surface area contributed by atoms with Crippen LogP contribution in [-0.4, -0.2) is 0 Å². The smallest absolute Gasteiger partial charge is 0.0468 e. The van der Waals surface area contributed by atoms with Crippen molar-refractivity contribution in [2.75, 3.05) is 9.80 Å². The largest absolute Gasteiger partial charge is 0.310 e. The van der Waals surface area contributed by atoms with E-state index in [2.05, 4.69) is 230 Å². The first kappa shape index (κ1) is 33.9. The second-order valence-electron chi connectivity index (χ2n) is 15.5. The third kappa shape index (κ3) is 5.56. The van der Waals surface area contributed by atoms with Crippen molar-refractivity contribution in [1.29, 1.82) is 0 Å². The molecule has 0 aliphatic carbocycles. The predicted octanol–water partition coefficient (Wildman–Crippen LogP) is 16.2. The SMILES string of the molecule is Cc1ccc(N(c2ccccc2)c2ccc3c(c2)c2ccccc2c2cc4c5ccc(N(c6ccccc6)c6ccc(C)cc6)cc5c5ccccc5c4cc32)cc1. The van der Waals surface area contributed by atoms with Crippen LogP contribution in [0.15, 0.2) is 206 Å². The van der Waals surface area contributed by atoms with Crippen LogP contribution < -0.4 is 9.80 Å². The van der Waals surface area contributed by atoms with E-state index in [-0.39, 0.29) is 0 Å². The second kappa shape index (κ2) is 13.7. The average Bonchev–Trinajstić information content (AvgIpc) is 3.28. The van der Waals surface area contributed by atoms with Crippen LogP contribution in [0.3, 0.4) is 0 Å². The van der Waals surface area contributed by atoms with E-state index in [1.165, 1.54) is 75.8 Å². The van der Waals surface area contributed by atoms with Crippen LogP contribution in [0, 0.1) is 13.8 Å². The Morgan fingerprint density at radius 1 is 0.207 bits per heavy atom. The zero-order valence-electron chi connectivity index (χ0n) is 32.5. The first-order valence-electron chi connectivity index (χ1n) is 20.1. The highest BCUT2D eigenvalue weighted by atomic mass is 15.1. The second-order valence-corrected chi connectivity index (χ2v) is 15.5. The van der Waals surface area contributed by atoms with E-state index in [9.17, 15) is 0 Å². The van der Waals surface area contributed by atoms with Gasteiger partial charge >= 0.3 is 0 Å². The summed E-state index contributed by atoms with van der Waals surface area (Å²) < 4.78 is 0. The maximum Gasteiger partial charge on any atom is 0.0468 e. The summed E-state index contributed by atoms with van der Waals surface area (Å²) in [6.07, 6.45) is 0. The molecule has 0 spiro atoms. The van der Waals surface area contributed by atoms with Gasteiger partial charge in [-0.15, -0.1) is 0 Å². The summed E-state index contributed by atoms with van der Waals surface area (Å²) in [5, 5.41) is 15.1. The first-order chi connectivity index (χ1) is 28.6. The summed E-state index contributed by atoms with van der Waals surface area (Å²) in [6.45, 7) is 4.28. The van der Waals surface area contributed by atoms with Gasteiger partial charge in [-0.25, -0.2) is 0 Å². The van der Waals surface area contributed by atoms with E-state index in [0.717, 1.165) is 34.1 Å². The van der Waals surface area contributed by atoms with Crippen molar-refractivity contribution in [3.8, 4) is 0 Å². The number of hydrogen-bond donors (Lipinski definition) is 0. The molecule has 0 N–H and O–H groups in total. The van der Waals surface area contributed by atoms with Crippen LogP contribution in [0.4, 0.5) is 34.1 Å². The highest BCUT2D eigenvalue weighted by molar-refractivity contribution is 6.33. The van der Waals surface area contributed by atoms with Crippen LogP contribution in [0.1, 0.15) is 11.1 Å². The van der Waals surface area contributed by atoms with Gasteiger partial charge in [0.15, 0.2) is 0 Å². The van der Waals surface area contributed by atoms with E-state index in [0.29, 0.717) is 0 Å². The highest BCUT2D eigenvalue weighted by Crippen LogP contribution is 2.45. The van der Waals surface area contributed by atoms with E-state index in [1.54, 1.807) is 0 Å². The molecule has 274 valence electrons. The number of hydrogen-bond acceptors (Lipinski definition) is 2. The van der Waals surface area contributed by atoms with E-state index < -0.39 is 0 Å². The Morgan fingerprint density at radius 3 is 0.810 bits per heavy atom. The van der Waals surface area contributed by atoms with Gasteiger partial charge in [0.2, 0.25) is 0 Å². The Bertz CT molecular complexity index is 3110. The summed E-state index contributed by atoms with van der Waals surface area (Å²) in [5.41, 5.74) is 9.31. The lowest BCUT2D eigenvalue weighted by molar-refractivity contribution is 1.28. The van der Waals surface area contributed by atoms with Crippen molar-refractivity contribution in [3.63, 3.8) is 0 Å². The number of benzene rings is 11. The van der Waals surface area contributed by atoms with Crippen molar-refractivity contribution in [2.24, 2.45) is 0 Å². The molecule has 58 heavy (non-hydrogen) atoms. The first-order valence-corrected chi connectivity index (χ1v) is 20.1. The summed E-state index contributed by atoms with van der Waals surface area (Å²) in [5.74, 6) is 0. The summed E-state index contributed by atoms with van der Waals surface area (Å²) >= 11 is 0. The third-order valence-electron chi connectivity index (χ3n) is 11.9. The highest BCUT2D eigenvalue weighted by Gasteiger charge is 2.19. The standard InChI is InChI=1S/C56H40N2/c1-37-21-25-41(26-22-37)57(39-13-5-3-6-14-39)43-29-31-49-51(33-43)45-17-9-11-19-47(45)53-36-56-50-32-30-44(34-52(50)46-18-10-12-20-48(46)54(56)35-55(49)53)58(40-15-7-4-8-16-40)42-27-23-38(2)24-28-42/h3-36H,1-2H3. The quantitative estimate of drug-likeness (QED) is 0.124. The van der Waals surface area contributed by atoms with Gasteiger partial charge in [-0.3, -0.25) is 0 Å². The molecule has 11 aromatic rings. The van der Waals surface area contributed by atoms with Gasteiger partial charge < -0.3 is 9.80 Å². The van der Waals surface area contributed by atoms with Gasteiger partial charge in [0.1, 0.15) is 0 Å². The fourth-order valence-electron chi connectivity index (χ4n) is 9.09. The predicted molar refractivity (Wildman–Crippen MR) is 250 cm³/mol. The zero-order chi connectivity index (χ0) is 38.7. The Kier molecular flexibility index (Phi) is 7.97. The number of anilines is 6. The molecule has 0 aliphatic rings. The third-order valence-corrected chi connectivity index (χ3v) is 11.9. The van der Waals surface area contributed by atoms with Crippen LogP contribution in [-0.2, 0) is 0 Å². The molecule has 0 heterocycles. The monoisotopic (exact) mass is 740 g/mol. The molecule has 0 fully saturated rings. The number of nitrogens with zero attached hydrogens (tertiary/aromatic N) is 2. The molecule has 2 heteroatoms. The fourth-order valence-corrected chi connectivity index (χ4v) is 9.09. The number of fused-ring (bicyclic) bond motifs is 12. The van der Waals surface area contributed by atoms with Crippen molar-refractivity contribution in [3.05, 3.63) is 217 Å². The Balaban J connectivity index is 1.17. The minimum absolute atomic E-state index is 1.13. The summed E-state index contributed by atoms with van der Waals surface area (Å²) in [7, 11) is 0. The van der Waals surface area contributed by atoms with Gasteiger partial charge in [-0.1, -0.05) is 132 Å². The van der Waals surface area contributed by atoms with Crippen LogP contribution in [0.5, 0.6) is 0 Å². The van der Waals surface area contributed by atoms with E-state index in [1.807, 2.05) is 0 Å². The van der Waals surface area contributed by atoms with Crippen molar-refractivity contribution < 1.29 is 0 Å². The molecule has 0 atom stereocenters. The summed E-state index contributed by atoms with van der Waals surface area (Å²) in [6, 6.07) is 75.9. The number of rotatable bonds is 6. The van der Waals surface area contributed by atoms with Gasteiger partial charge in [0.25, 0.3) is 0 Å². The minimum Gasteiger partial charge on any atom is -0.310 e. The molecule has 0 radical (unpaired) electrons. The lowest BCUT2D eigenvalue weighted by Crippen LogP contribution is -2.09. The average molecular weight is 741 g/mol. The van der Waals surface area contributed by atoms with E-state index >= 15 is 0 Å².